The van der Waals surface area contributed by atoms with Crippen LogP contribution in [-0.2, 0) is 6.18 Å². The number of para-hydroxylation sites is 1. The average Bonchev–Trinajstić information content (AvgIpc) is 2.58. The maximum Gasteiger partial charge on any atom is 0.416 e. The molecule has 0 saturated carbocycles. The number of benzene rings is 2. The summed E-state index contributed by atoms with van der Waals surface area (Å²) in [4.78, 5) is 7.83. The van der Waals surface area contributed by atoms with Crippen molar-refractivity contribution in [1.29, 1.82) is 0 Å². The number of aromatic nitrogens is 2. The van der Waals surface area contributed by atoms with E-state index in [0.717, 1.165) is 24.3 Å². The summed E-state index contributed by atoms with van der Waals surface area (Å²) in [6.45, 7) is 0. The van der Waals surface area contributed by atoms with Crippen LogP contribution in [0.4, 0.5) is 45.1 Å². The summed E-state index contributed by atoms with van der Waals surface area (Å²) in [5, 5.41) is 5.10. The minimum Gasteiger partial charge on any atom is -0.340 e. The average molecular weight is 366 g/mol. The SMILES string of the molecule is Fc1cccc(F)c1Nc1nccc(Nc2cccc(C(F)(F)F)c2)n1. The number of nitrogens with one attached hydrogen (secondary N) is 2. The summed E-state index contributed by atoms with van der Waals surface area (Å²) in [5.41, 5.74) is -1.09. The molecule has 3 aromatic rings. The summed E-state index contributed by atoms with van der Waals surface area (Å²) in [6.07, 6.45) is -3.18. The Hall–Kier alpha value is -3.23. The van der Waals surface area contributed by atoms with Gasteiger partial charge in [0, 0.05) is 11.9 Å². The molecule has 0 spiro atoms. The molecular weight excluding hydrogens is 355 g/mol. The molecule has 2 aromatic carbocycles. The molecule has 1 aromatic heterocycles. The van der Waals surface area contributed by atoms with E-state index in [1.165, 1.54) is 30.5 Å². The molecule has 26 heavy (non-hydrogen) atoms. The van der Waals surface area contributed by atoms with Gasteiger partial charge in [0.1, 0.15) is 23.1 Å². The molecule has 0 fully saturated rings. The van der Waals surface area contributed by atoms with Crippen LogP contribution in [0.15, 0.2) is 54.7 Å². The first-order valence-electron chi connectivity index (χ1n) is 7.31. The highest BCUT2D eigenvalue weighted by molar-refractivity contribution is 5.60. The predicted octanol–water partition coefficient (Wildman–Crippen LogP) is 5.26. The first-order chi connectivity index (χ1) is 12.3. The molecular formula is C17H11F5N4. The highest BCUT2D eigenvalue weighted by Crippen LogP contribution is 2.31. The third kappa shape index (κ3) is 4.05. The zero-order chi connectivity index (χ0) is 18.7. The van der Waals surface area contributed by atoms with E-state index in [-0.39, 0.29) is 17.5 Å². The van der Waals surface area contributed by atoms with Crippen molar-refractivity contribution in [3.63, 3.8) is 0 Å². The van der Waals surface area contributed by atoms with Gasteiger partial charge in [0.2, 0.25) is 5.95 Å². The van der Waals surface area contributed by atoms with E-state index < -0.39 is 29.1 Å². The summed E-state index contributed by atoms with van der Waals surface area (Å²) >= 11 is 0. The van der Waals surface area contributed by atoms with E-state index in [4.69, 9.17) is 0 Å². The van der Waals surface area contributed by atoms with Crippen molar-refractivity contribution in [3.05, 3.63) is 71.9 Å². The lowest BCUT2D eigenvalue weighted by molar-refractivity contribution is -0.137. The lowest BCUT2D eigenvalue weighted by Crippen LogP contribution is -2.06. The third-order valence-electron chi connectivity index (χ3n) is 3.32. The van der Waals surface area contributed by atoms with Crippen LogP contribution in [0, 0.1) is 11.6 Å². The van der Waals surface area contributed by atoms with E-state index in [1.807, 2.05) is 0 Å². The smallest absolute Gasteiger partial charge is 0.340 e. The second kappa shape index (κ2) is 6.95. The first kappa shape index (κ1) is 17.6. The van der Waals surface area contributed by atoms with E-state index in [2.05, 4.69) is 20.6 Å². The monoisotopic (exact) mass is 366 g/mol. The standard InChI is InChI=1S/C17H11F5N4/c18-12-5-2-6-13(19)15(12)26-16-23-8-7-14(25-16)24-11-4-1-3-10(9-11)17(20,21)22/h1-9H,(H2,23,24,25,26). The van der Waals surface area contributed by atoms with Crippen molar-refractivity contribution in [2.24, 2.45) is 0 Å². The normalized spacial score (nSPS) is 11.3. The van der Waals surface area contributed by atoms with Crippen molar-refractivity contribution in [3.8, 4) is 0 Å². The van der Waals surface area contributed by atoms with Crippen LogP contribution in [0.25, 0.3) is 0 Å². The van der Waals surface area contributed by atoms with Crippen molar-refractivity contribution in [1.82, 2.24) is 9.97 Å². The molecule has 2 N–H and O–H groups in total. The molecule has 0 saturated heterocycles. The molecule has 9 heteroatoms. The highest BCUT2D eigenvalue weighted by Gasteiger charge is 2.30. The Labute approximate surface area is 144 Å². The minimum atomic E-state index is -4.47. The van der Waals surface area contributed by atoms with Gasteiger partial charge in [-0.25, -0.2) is 13.8 Å². The number of hydrogen-bond donors (Lipinski definition) is 2. The quantitative estimate of drug-likeness (QED) is 0.619. The van der Waals surface area contributed by atoms with Gasteiger partial charge in [-0.3, -0.25) is 0 Å². The molecule has 0 radical (unpaired) electrons. The molecule has 4 nitrogen and oxygen atoms in total. The number of nitrogens with zero attached hydrogens (tertiary/aromatic N) is 2. The Bertz CT molecular complexity index is 907. The summed E-state index contributed by atoms with van der Waals surface area (Å²) in [5.74, 6) is -1.63. The molecule has 3 rings (SSSR count). The molecule has 0 aliphatic rings. The summed E-state index contributed by atoms with van der Waals surface area (Å²) in [7, 11) is 0. The predicted molar refractivity (Wildman–Crippen MR) is 86.4 cm³/mol. The Morgan fingerprint density at radius 3 is 2.23 bits per heavy atom. The Balaban J connectivity index is 1.82. The number of hydrogen-bond acceptors (Lipinski definition) is 4. The van der Waals surface area contributed by atoms with Crippen molar-refractivity contribution in [2.45, 2.75) is 6.18 Å². The lowest BCUT2D eigenvalue weighted by atomic mass is 10.2. The van der Waals surface area contributed by atoms with Crippen LogP contribution < -0.4 is 10.6 Å². The van der Waals surface area contributed by atoms with Crippen LogP contribution in [0.2, 0.25) is 0 Å². The zero-order valence-corrected chi connectivity index (χ0v) is 13.0. The van der Waals surface area contributed by atoms with Gasteiger partial charge < -0.3 is 10.6 Å². The Morgan fingerprint density at radius 2 is 1.54 bits per heavy atom. The van der Waals surface area contributed by atoms with Crippen LogP contribution in [0.5, 0.6) is 0 Å². The maximum atomic E-state index is 13.7. The van der Waals surface area contributed by atoms with Gasteiger partial charge in [-0.2, -0.15) is 18.2 Å². The molecule has 134 valence electrons. The van der Waals surface area contributed by atoms with Gasteiger partial charge in [-0.05, 0) is 36.4 Å². The van der Waals surface area contributed by atoms with Crippen LogP contribution >= 0.6 is 0 Å². The fourth-order valence-electron chi connectivity index (χ4n) is 2.14. The first-order valence-corrected chi connectivity index (χ1v) is 7.31. The third-order valence-corrected chi connectivity index (χ3v) is 3.32. The van der Waals surface area contributed by atoms with Crippen molar-refractivity contribution in [2.75, 3.05) is 10.6 Å². The summed E-state index contributed by atoms with van der Waals surface area (Å²) in [6, 6.07) is 9.30. The van der Waals surface area contributed by atoms with Crippen molar-refractivity contribution < 1.29 is 22.0 Å². The second-order valence-electron chi connectivity index (χ2n) is 5.19. The van der Waals surface area contributed by atoms with E-state index in [1.54, 1.807) is 0 Å². The molecule has 0 bridgehead atoms. The molecule has 0 unspecified atom stereocenters. The highest BCUT2D eigenvalue weighted by atomic mass is 19.4. The Morgan fingerprint density at radius 1 is 0.846 bits per heavy atom. The van der Waals surface area contributed by atoms with Crippen molar-refractivity contribution >= 4 is 23.1 Å². The topological polar surface area (TPSA) is 49.8 Å². The molecule has 0 aliphatic heterocycles. The lowest BCUT2D eigenvalue weighted by Gasteiger charge is -2.11. The summed E-state index contributed by atoms with van der Waals surface area (Å²) < 4.78 is 65.6. The van der Waals surface area contributed by atoms with E-state index in [9.17, 15) is 22.0 Å². The Kier molecular flexibility index (Phi) is 4.70. The second-order valence-corrected chi connectivity index (χ2v) is 5.19. The van der Waals surface area contributed by atoms with Gasteiger partial charge in [0.05, 0.1) is 5.56 Å². The fourth-order valence-corrected chi connectivity index (χ4v) is 2.14. The minimum absolute atomic E-state index is 0.119. The van der Waals surface area contributed by atoms with E-state index in [0.29, 0.717) is 0 Å². The molecule has 1 heterocycles. The fraction of sp³-hybridized carbons (Fsp3) is 0.0588. The number of halogens is 5. The maximum absolute atomic E-state index is 13.7. The number of alkyl halides is 3. The largest absolute Gasteiger partial charge is 0.416 e. The number of rotatable bonds is 4. The van der Waals surface area contributed by atoms with E-state index >= 15 is 0 Å². The van der Waals surface area contributed by atoms with Crippen LogP contribution in [0.3, 0.4) is 0 Å². The zero-order valence-electron chi connectivity index (χ0n) is 13.0. The van der Waals surface area contributed by atoms with Gasteiger partial charge >= 0.3 is 6.18 Å². The van der Waals surface area contributed by atoms with Gasteiger partial charge in [0.25, 0.3) is 0 Å². The molecule has 0 atom stereocenters. The number of anilines is 4. The van der Waals surface area contributed by atoms with Crippen LogP contribution in [0.1, 0.15) is 5.56 Å². The van der Waals surface area contributed by atoms with Gasteiger partial charge in [-0.15, -0.1) is 0 Å². The van der Waals surface area contributed by atoms with Crippen LogP contribution in [-0.4, -0.2) is 9.97 Å². The molecule has 0 amide bonds. The van der Waals surface area contributed by atoms with Gasteiger partial charge in [-0.1, -0.05) is 12.1 Å². The van der Waals surface area contributed by atoms with Gasteiger partial charge in [0.15, 0.2) is 0 Å². The molecule has 0 aliphatic carbocycles.